The van der Waals surface area contributed by atoms with Crippen molar-refractivity contribution in [3.63, 3.8) is 0 Å². The number of aromatic hydroxyl groups is 1. The van der Waals surface area contributed by atoms with Gasteiger partial charge in [-0.1, -0.05) is 12.1 Å². The SMILES string of the molecule is O=C1CCCC1C1CCCN1C(=O)Cc1cccc(O)c1. The first-order chi connectivity index (χ1) is 10.1. The van der Waals surface area contributed by atoms with Gasteiger partial charge in [0.15, 0.2) is 0 Å². The first kappa shape index (κ1) is 14.1. The maximum absolute atomic E-state index is 12.5. The highest BCUT2D eigenvalue weighted by atomic mass is 16.3. The van der Waals surface area contributed by atoms with Gasteiger partial charge in [0.2, 0.25) is 5.91 Å². The summed E-state index contributed by atoms with van der Waals surface area (Å²) in [6, 6.07) is 6.93. The highest BCUT2D eigenvalue weighted by Crippen LogP contribution is 2.33. The van der Waals surface area contributed by atoms with E-state index in [9.17, 15) is 14.7 Å². The van der Waals surface area contributed by atoms with Crippen molar-refractivity contribution < 1.29 is 14.7 Å². The molecule has 112 valence electrons. The standard InChI is InChI=1S/C17H21NO3/c19-13-5-1-4-12(10-13)11-17(21)18-9-3-7-15(18)14-6-2-8-16(14)20/h1,4-5,10,14-15,19H,2-3,6-9,11H2. The fourth-order valence-corrected chi connectivity index (χ4v) is 3.71. The summed E-state index contributed by atoms with van der Waals surface area (Å²) >= 11 is 0. The third-order valence-electron chi connectivity index (χ3n) is 4.70. The number of amides is 1. The van der Waals surface area contributed by atoms with Crippen molar-refractivity contribution in [1.29, 1.82) is 0 Å². The minimum atomic E-state index is 0.0561. The smallest absolute Gasteiger partial charge is 0.227 e. The van der Waals surface area contributed by atoms with Crippen molar-refractivity contribution in [3.05, 3.63) is 29.8 Å². The predicted molar refractivity (Wildman–Crippen MR) is 78.9 cm³/mol. The molecule has 0 radical (unpaired) electrons. The molecule has 21 heavy (non-hydrogen) atoms. The Balaban J connectivity index is 1.70. The molecule has 0 bridgehead atoms. The van der Waals surface area contributed by atoms with E-state index in [1.165, 1.54) is 0 Å². The van der Waals surface area contributed by atoms with E-state index in [-0.39, 0.29) is 23.6 Å². The Morgan fingerprint density at radius 3 is 2.86 bits per heavy atom. The van der Waals surface area contributed by atoms with Crippen LogP contribution < -0.4 is 0 Å². The van der Waals surface area contributed by atoms with Crippen LogP contribution in [0.3, 0.4) is 0 Å². The average molecular weight is 287 g/mol. The van der Waals surface area contributed by atoms with Crippen LogP contribution in [0.5, 0.6) is 5.75 Å². The second-order valence-corrected chi connectivity index (χ2v) is 6.11. The Labute approximate surface area is 124 Å². The number of hydrogen-bond donors (Lipinski definition) is 1. The van der Waals surface area contributed by atoms with Gasteiger partial charge in [-0.25, -0.2) is 0 Å². The topological polar surface area (TPSA) is 57.6 Å². The van der Waals surface area contributed by atoms with Crippen LogP contribution >= 0.6 is 0 Å². The lowest BCUT2D eigenvalue weighted by Crippen LogP contribution is -2.42. The third-order valence-corrected chi connectivity index (χ3v) is 4.70. The van der Waals surface area contributed by atoms with Gasteiger partial charge in [-0.2, -0.15) is 0 Å². The molecule has 4 heteroatoms. The van der Waals surface area contributed by atoms with Gasteiger partial charge in [0.25, 0.3) is 0 Å². The second-order valence-electron chi connectivity index (χ2n) is 6.11. The molecule has 1 saturated carbocycles. The van der Waals surface area contributed by atoms with Crippen molar-refractivity contribution in [1.82, 2.24) is 4.90 Å². The predicted octanol–water partition coefficient (Wildman–Crippen LogP) is 2.29. The van der Waals surface area contributed by atoms with Gasteiger partial charge >= 0.3 is 0 Å². The number of hydrogen-bond acceptors (Lipinski definition) is 3. The van der Waals surface area contributed by atoms with Gasteiger partial charge in [0, 0.05) is 24.9 Å². The quantitative estimate of drug-likeness (QED) is 0.928. The molecule has 0 spiro atoms. The summed E-state index contributed by atoms with van der Waals surface area (Å²) in [5.74, 6) is 0.643. The zero-order valence-corrected chi connectivity index (χ0v) is 12.1. The fraction of sp³-hybridized carbons (Fsp3) is 0.529. The normalized spacial score (nSPS) is 25.5. The molecule has 1 saturated heterocycles. The first-order valence-corrected chi connectivity index (χ1v) is 7.75. The second kappa shape index (κ2) is 5.88. The van der Waals surface area contributed by atoms with Gasteiger partial charge in [0.05, 0.1) is 6.42 Å². The van der Waals surface area contributed by atoms with Crippen LogP contribution in [0.15, 0.2) is 24.3 Å². The summed E-state index contributed by atoms with van der Waals surface area (Å²) in [6.07, 6.45) is 4.80. The van der Waals surface area contributed by atoms with Gasteiger partial charge < -0.3 is 10.0 Å². The third kappa shape index (κ3) is 2.94. The summed E-state index contributed by atoms with van der Waals surface area (Å²) in [4.78, 5) is 26.4. The molecule has 1 aromatic rings. The summed E-state index contributed by atoms with van der Waals surface area (Å²) < 4.78 is 0. The van der Waals surface area contributed by atoms with Crippen molar-refractivity contribution in [2.75, 3.05) is 6.54 Å². The number of benzene rings is 1. The number of likely N-dealkylation sites (tertiary alicyclic amines) is 1. The molecule has 2 unspecified atom stereocenters. The van der Waals surface area contributed by atoms with E-state index in [1.54, 1.807) is 18.2 Å². The lowest BCUT2D eigenvalue weighted by molar-refractivity contribution is -0.133. The van der Waals surface area contributed by atoms with E-state index in [1.807, 2.05) is 11.0 Å². The highest BCUT2D eigenvalue weighted by Gasteiger charge is 2.39. The number of phenols is 1. The van der Waals surface area contributed by atoms with Crippen LogP contribution in [0.25, 0.3) is 0 Å². The van der Waals surface area contributed by atoms with Gasteiger partial charge in [0.1, 0.15) is 11.5 Å². The Hall–Kier alpha value is -1.84. The first-order valence-electron chi connectivity index (χ1n) is 7.75. The summed E-state index contributed by atoms with van der Waals surface area (Å²) in [5.41, 5.74) is 0.823. The molecule has 4 nitrogen and oxygen atoms in total. The van der Waals surface area contributed by atoms with Crippen LogP contribution in [0.2, 0.25) is 0 Å². The molecule has 1 N–H and O–H groups in total. The van der Waals surface area contributed by atoms with Gasteiger partial charge in [-0.3, -0.25) is 9.59 Å². The number of nitrogens with zero attached hydrogens (tertiary/aromatic N) is 1. The van der Waals surface area contributed by atoms with E-state index in [2.05, 4.69) is 0 Å². The molecule has 1 aliphatic heterocycles. The molecule has 2 aliphatic rings. The molecule has 1 aliphatic carbocycles. The van der Waals surface area contributed by atoms with Crippen molar-refractivity contribution >= 4 is 11.7 Å². The lowest BCUT2D eigenvalue weighted by Gasteiger charge is -2.28. The molecule has 2 fully saturated rings. The molecule has 0 aromatic heterocycles. The van der Waals surface area contributed by atoms with E-state index in [0.29, 0.717) is 18.6 Å². The number of Topliss-reactive ketones (excluding diaryl/α,β-unsaturated/α-hetero) is 1. The summed E-state index contributed by atoms with van der Waals surface area (Å²) in [7, 11) is 0. The summed E-state index contributed by atoms with van der Waals surface area (Å²) in [6.45, 7) is 0.756. The minimum absolute atomic E-state index is 0.0561. The zero-order valence-electron chi connectivity index (χ0n) is 12.1. The zero-order chi connectivity index (χ0) is 14.8. The maximum Gasteiger partial charge on any atom is 0.227 e. The molecular weight excluding hydrogens is 266 g/mol. The average Bonchev–Trinajstić information content (AvgIpc) is 3.06. The number of carbonyl (C=O) groups is 2. The van der Waals surface area contributed by atoms with Crippen LogP contribution in [0, 0.1) is 5.92 Å². The van der Waals surface area contributed by atoms with Gasteiger partial charge in [-0.05, 0) is 43.4 Å². The lowest BCUT2D eigenvalue weighted by atomic mass is 9.95. The van der Waals surface area contributed by atoms with Crippen LogP contribution in [-0.2, 0) is 16.0 Å². The van der Waals surface area contributed by atoms with Gasteiger partial charge in [-0.15, -0.1) is 0 Å². The summed E-state index contributed by atoms with van der Waals surface area (Å²) in [5, 5.41) is 9.48. The monoisotopic (exact) mass is 287 g/mol. The van der Waals surface area contributed by atoms with E-state index in [4.69, 9.17) is 0 Å². The van der Waals surface area contributed by atoms with Crippen LogP contribution in [0.1, 0.15) is 37.7 Å². The highest BCUT2D eigenvalue weighted by molar-refractivity contribution is 5.85. The molecular formula is C17H21NO3. The van der Waals surface area contributed by atoms with Crippen molar-refractivity contribution in [2.24, 2.45) is 5.92 Å². The van der Waals surface area contributed by atoms with Crippen molar-refractivity contribution in [2.45, 2.75) is 44.6 Å². The Morgan fingerprint density at radius 2 is 2.14 bits per heavy atom. The molecule has 3 rings (SSSR count). The number of phenolic OH excluding ortho intramolecular Hbond substituents is 1. The Kier molecular flexibility index (Phi) is 3.95. The molecule has 1 heterocycles. The van der Waals surface area contributed by atoms with E-state index in [0.717, 1.165) is 37.8 Å². The Morgan fingerprint density at radius 1 is 1.29 bits per heavy atom. The molecule has 2 atom stereocenters. The molecule has 1 aromatic carbocycles. The van der Waals surface area contributed by atoms with Crippen molar-refractivity contribution in [3.8, 4) is 5.75 Å². The van der Waals surface area contributed by atoms with Crippen LogP contribution in [-0.4, -0.2) is 34.3 Å². The maximum atomic E-state index is 12.5. The fourth-order valence-electron chi connectivity index (χ4n) is 3.71. The van der Waals surface area contributed by atoms with Crippen LogP contribution in [0.4, 0.5) is 0 Å². The molecule has 1 amide bonds. The van der Waals surface area contributed by atoms with E-state index < -0.39 is 0 Å². The van der Waals surface area contributed by atoms with E-state index >= 15 is 0 Å². The number of ketones is 1. The minimum Gasteiger partial charge on any atom is -0.508 e. The largest absolute Gasteiger partial charge is 0.508 e. The Bertz CT molecular complexity index is 555. The number of rotatable bonds is 3. The number of carbonyl (C=O) groups excluding carboxylic acids is 2.